The fourth-order valence-electron chi connectivity index (χ4n) is 2.37. The van der Waals surface area contributed by atoms with E-state index < -0.39 is 0 Å². The number of rotatable bonds is 6. The van der Waals surface area contributed by atoms with Crippen LogP contribution in [0.1, 0.15) is 31.6 Å². The van der Waals surface area contributed by atoms with E-state index in [-0.39, 0.29) is 18.6 Å². The van der Waals surface area contributed by atoms with E-state index in [0.29, 0.717) is 24.7 Å². The first-order chi connectivity index (χ1) is 11.3. The third kappa shape index (κ3) is 4.64. The molecule has 3 rings (SSSR count). The van der Waals surface area contributed by atoms with Crippen molar-refractivity contribution in [2.45, 2.75) is 38.4 Å². The Bertz CT molecular complexity index is 621. The molecule has 1 aliphatic rings. The first-order valence-corrected chi connectivity index (χ1v) is 7.87. The van der Waals surface area contributed by atoms with E-state index in [9.17, 15) is 4.79 Å². The molecule has 0 spiro atoms. The number of nitrogens with one attached hydrogen (secondary N) is 1. The maximum absolute atomic E-state index is 11.8. The maximum Gasteiger partial charge on any atom is 0.244 e. The van der Waals surface area contributed by atoms with E-state index >= 15 is 0 Å². The molecule has 1 N–H and O–H groups in total. The molecule has 1 amide bonds. The summed E-state index contributed by atoms with van der Waals surface area (Å²) in [6, 6.07) is 9.73. The summed E-state index contributed by atoms with van der Waals surface area (Å²) in [5.74, 6) is 1.03. The van der Waals surface area contributed by atoms with Crippen molar-refractivity contribution in [2.24, 2.45) is 0 Å². The van der Waals surface area contributed by atoms with Crippen LogP contribution in [0, 0.1) is 0 Å². The summed E-state index contributed by atoms with van der Waals surface area (Å²) in [6.45, 7) is 0.680. The Hall–Kier alpha value is -2.18. The Kier molecular flexibility index (Phi) is 5.39. The van der Waals surface area contributed by atoms with Crippen LogP contribution in [0.2, 0.25) is 0 Å². The van der Waals surface area contributed by atoms with Gasteiger partial charge in [0.25, 0.3) is 0 Å². The number of hydroxylamine groups is 1. The molecular weight excluding hydrogens is 296 g/mol. The number of carbonyl (C=O) groups excluding carboxylic acids is 1. The normalized spacial score (nSPS) is 17.8. The molecular formula is C17H20N2O4. The molecule has 1 aliphatic heterocycles. The highest BCUT2D eigenvalue weighted by Crippen LogP contribution is 2.20. The Morgan fingerprint density at radius 2 is 2.17 bits per heavy atom. The largest absolute Gasteiger partial charge is 0.441 e. The summed E-state index contributed by atoms with van der Waals surface area (Å²) >= 11 is 0. The summed E-state index contributed by atoms with van der Waals surface area (Å²) in [4.78, 5) is 21.2. The van der Waals surface area contributed by atoms with Gasteiger partial charge < -0.3 is 9.15 Å². The monoisotopic (exact) mass is 316 g/mol. The first-order valence-electron chi connectivity index (χ1n) is 7.87. The lowest BCUT2D eigenvalue weighted by Gasteiger charge is -2.21. The summed E-state index contributed by atoms with van der Waals surface area (Å²) in [5.41, 5.74) is 3.39. The van der Waals surface area contributed by atoms with Crippen molar-refractivity contribution in [1.29, 1.82) is 0 Å². The number of aromatic nitrogens is 1. The van der Waals surface area contributed by atoms with Gasteiger partial charge in [-0.2, -0.15) is 0 Å². The van der Waals surface area contributed by atoms with Gasteiger partial charge in [0.05, 0.1) is 6.20 Å². The minimum atomic E-state index is -0.334. The van der Waals surface area contributed by atoms with Gasteiger partial charge in [-0.05, 0) is 12.8 Å². The van der Waals surface area contributed by atoms with Crippen molar-refractivity contribution < 1.29 is 18.8 Å². The highest BCUT2D eigenvalue weighted by molar-refractivity contribution is 5.74. The second kappa shape index (κ2) is 7.89. The average Bonchev–Trinajstić information content (AvgIpc) is 3.09. The summed E-state index contributed by atoms with van der Waals surface area (Å²) in [5, 5.41) is 0. The zero-order valence-corrected chi connectivity index (χ0v) is 12.9. The van der Waals surface area contributed by atoms with Crippen LogP contribution in [0.5, 0.6) is 0 Å². The van der Waals surface area contributed by atoms with Crippen molar-refractivity contribution in [3.63, 3.8) is 0 Å². The number of carbonyl (C=O) groups is 1. The highest BCUT2D eigenvalue weighted by Gasteiger charge is 2.16. The molecule has 1 saturated heterocycles. The van der Waals surface area contributed by atoms with Crippen molar-refractivity contribution >= 4 is 5.91 Å². The molecule has 23 heavy (non-hydrogen) atoms. The third-order valence-corrected chi connectivity index (χ3v) is 3.62. The topological polar surface area (TPSA) is 73.6 Å². The van der Waals surface area contributed by atoms with Crippen molar-refractivity contribution in [3.8, 4) is 11.3 Å². The van der Waals surface area contributed by atoms with Crippen molar-refractivity contribution in [1.82, 2.24) is 10.5 Å². The number of hydrogen-bond acceptors (Lipinski definition) is 5. The van der Waals surface area contributed by atoms with E-state index in [4.69, 9.17) is 14.0 Å². The second-order valence-electron chi connectivity index (χ2n) is 5.42. The average molecular weight is 316 g/mol. The van der Waals surface area contributed by atoms with Crippen molar-refractivity contribution in [2.75, 3.05) is 6.61 Å². The molecule has 0 bridgehead atoms. The quantitative estimate of drug-likeness (QED) is 0.830. The molecule has 6 nitrogen and oxygen atoms in total. The van der Waals surface area contributed by atoms with Crippen LogP contribution in [0.4, 0.5) is 0 Å². The molecule has 1 atom stereocenters. The zero-order chi connectivity index (χ0) is 15.9. The third-order valence-electron chi connectivity index (χ3n) is 3.62. The van der Waals surface area contributed by atoms with Gasteiger partial charge in [0.15, 0.2) is 17.9 Å². The van der Waals surface area contributed by atoms with E-state index in [0.717, 1.165) is 24.8 Å². The molecule has 6 heteroatoms. The van der Waals surface area contributed by atoms with E-state index in [1.165, 1.54) is 0 Å². The Labute approximate surface area is 134 Å². The number of nitrogens with zero attached hydrogens (tertiary/aromatic N) is 1. The van der Waals surface area contributed by atoms with Crippen LogP contribution >= 0.6 is 0 Å². The van der Waals surface area contributed by atoms with Crippen LogP contribution in [-0.2, 0) is 20.8 Å². The molecule has 0 unspecified atom stereocenters. The maximum atomic E-state index is 11.8. The van der Waals surface area contributed by atoms with Gasteiger partial charge >= 0.3 is 0 Å². The van der Waals surface area contributed by atoms with Crippen LogP contribution in [0.25, 0.3) is 11.3 Å². The molecule has 0 saturated carbocycles. The Balaban J connectivity index is 1.43. The van der Waals surface area contributed by atoms with E-state index in [2.05, 4.69) is 10.5 Å². The second-order valence-corrected chi connectivity index (χ2v) is 5.42. The smallest absolute Gasteiger partial charge is 0.244 e. The molecule has 0 radical (unpaired) electrons. The number of hydrogen-bond donors (Lipinski definition) is 1. The first kappa shape index (κ1) is 15.7. The number of oxazole rings is 1. The van der Waals surface area contributed by atoms with Crippen LogP contribution in [0.3, 0.4) is 0 Å². The molecule has 1 fully saturated rings. The lowest BCUT2D eigenvalue weighted by atomic mass is 10.2. The predicted molar refractivity (Wildman–Crippen MR) is 83.1 cm³/mol. The van der Waals surface area contributed by atoms with Crippen LogP contribution in [-0.4, -0.2) is 23.8 Å². The minimum Gasteiger partial charge on any atom is -0.441 e. The van der Waals surface area contributed by atoms with Gasteiger partial charge in [-0.25, -0.2) is 15.3 Å². The molecule has 2 heterocycles. The molecule has 2 aromatic rings. The summed E-state index contributed by atoms with van der Waals surface area (Å²) < 4.78 is 11.0. The van der Waals surface area contributed by atoms with Gasteiger partial charge in [0, 0.05) is 31.4 Å². The van der Waals surface area contributed by atoms with Crippen LogP contribution < -0.4 is 5.48 Å². The standard InChI is InChI=1S/C17H20N2O4/c20-15(19-23-17-8-4-5-11-21-17)9-10-16-18-12-14(22-16)13-6-2-1-3-7-13/h1-3,6-7,12,17H,4-5,8-11H2,(H,19,20)/t17-/m0/s1. The molecule has 122 valence electrons. The Morgan fingerprint density at radius 1 is 1.30 bits per heavy atom. The molecule has 0 aliphatic carbocycles. The van der Waals surface area contributed by atoms with Gasteiger partial charge in [0.2, 0.25) is 5.91 Å². The SMILES string of the molecule is O=C(CCc1ncc(-c2ccccc2)o1)NO[C@H]1CCCCO1. The number of ether oxygens (including phenoxy) is 1. The number of amides is 1. The van der Waals surface area contributed by atoms with Gasteiger partial charge in [-0.3, -0.25) is 4.79 Å². The van der Waals surface area contributed by atoms with Crippen molar-refractivity contribution in [3.05, 3.63) is 42.4 Å². The molecule has 1 aromatic carbocycles. The fraction of sp³-hybridized carbons (Fsp3) is 0.412. The van der Waals surface area contributed by atoms with E-state index in [1.807, 2.05) is 30.3 Å². The van der Waals surface area contributed by atoms with E-state index in [1.54, 1.807) is 6.20 Å². The number of benzene rings is 1. The summed E-state index contributed by atoms with van der Waals surface area (Å²) in [7, 11) is 0. The van der Waals surface area contributed by atoms with Crippen LogP contribution in [0.15, 0.2) is 40.9 Å². The van der Waals surface area contributed by atoms with Gasteiger partial charge in [0.1, 0.15) is 0 Å². The lowest BCUT2D eigenvalue weighted by Crippen LogP contribution is -2.33. The summed E-state index contributed by atoms with van der Waals surface area (Å²) in [6.07, 6.45) is 4.92. The molecule has 1 aromatic heterocycles. The minimum absolute atomic E-state index is 0.210. The highest BCUT2D eigenvalue weighted by atomic mass is 16.8. The van der Waals surface area contributed by atoms with Gasteiger partial charge in [-0.15, -0.1) is 0 Å². The lowest BCUT2D eigenvalue weighted by molar-refractivity contribution is -0.200. The predicted octanol–water partition coefficient (Wildman–Crippen LogP) is 2.85. The fourth-order valence-corrected chi connectivity index (χ4v) is 2.37. The number of aryl methyl sites for hydroxylation is 1. The van der Waals surface area contributed by atoms with Gasteiger partial charge in [-0.1, -0.05) is 30.3 Å². The zero-order valence-electron chi connectivity index (χ0n) is 12.9. The Morgan fingerprint density at radius 3 is 2.96 bits per heavy atom.